The number of aliphatic carboxylic acids is 1. The average molecular weight is 1850 g/mol. The molecule has 13 aliphatic heterocycles. The van der Waals surface area contributed by atoms with Gasteiger partial charge in [0.05, 0.1) is 81.9 Å². The summed E-state index contributed by atoms with van der Waals surface area (Å²) in [6.07, 6.45) is -2.51. The Hall–Kier alpha value is -10.9. The minimum atomic E-state index is -1.35. The van der Waals surface area contributed by atoms with Gasteiger partial charge in [-0.15, -0.1) is 0 Å². The van der Waals surface area contributed by atoms with Gasteiger partial charge in [0, 0.05) is 117 Å². The zero-order valence-corrected chi connectivity index (χ0v) is 73.2. The Morgan fingerprint density at radius 3 is 0.756 bits per heavy atom. The lowest BCUT2D eigenvalue weighted by molar-refractivity contribution is -0.151. The van der Waals surface area contributed by atoms with Gasteiger partial charge >= 0.3 is 5.97 Å². The smallest absolute Gasteiger partial charge is 0.326 e. The van der Waals surface area contributed by atoms with Crippen LogP contribution in [0.3, 0.4) is 0 Å². The maximum atomic E-state index is 14.5. The molecule has 19 amide bonds. The van der Waals surface area contributed by atoms with Gasteiger partial charge in [-0.25, -0.2) is 4.79 Å². The van der Waals surface area contributed by atoms with E-state index in [1.165, 1.54) is 29.4 Å². The summed E-state index contributed by atoms with van der Waals surface area (Å²) in [6, 6.07) is -16.0. The van der Waals surface area contributed by atoms with Crippen LogP contribution in [-0.2, 0) is 95.9 Å². The van der Waals surface area contributed by atoms with Crippen molar-refractivity contribution in [2.24, 2.45) is 5.73 Å². The number of rotatable bonds is 31. The minimum absolute atomic E-state index is 0.0371. The maximum Gasteiger partial charge on any atom is 0.326 e. The number of aliphatic hydroxyl groups excluding tert-OH is 6. The normalized spacial score (nSPS) is 30.2. The first kappa shape index (κ1) is 97.6. The molecule has 0 aromatic rings. The fourth-order valence-corrected chi connectivity index (χ4v) is 21.1. The van der Waals surface area contributed by atoms with Crippen LogP contribution in [0, 0.1) is 0 Å². The molecule has 48 nitrogen and oxygen atoms in total. The van der Waals surface area contributed by atoms with Crippen molar-refractivity contribution in [1.29, 1.82) is 0 Å². The predicted molar refractivity (Wildman–Crippen MR) is 447 cm³/mol. The topological polar surface area (TPSA) is 644 Å². The highest BCUT2D eigenvalue weighted by molar-refractivity contribution is 6.02. The third kappa shape index (κ3) is 22.2. The van der Waals surface area contributed by atoms with Crippen molar-refractivity contribution in [3.8, 4) is 0 Å². The van der Waals surface area contributed by atoms with Crippen LogP contribution < -0.4 is 48.3 Å². The number of nitrogens with two attached hydrogens (primary N) is 1. The molecule has 13 saturated heterocycles. The van der Waals surface area contributed by atoms with E-state index in [1.807, 2.05) is 0 Å². The number of carboxylic acids is 1. The Balaban J connectivity index is 0.538. The number of likely N-dealkylation sites (tertiary alicyclic amines) is 12. The summed E-state index contributed by atoms with van der Waals surface area (Å²) in [6.45, 7) is -4.06. The molecule has 13 rings (SSSR count). The molecule has 13 aliphatic rings. The molecule has 0 aliphatic carbocycles. The van der Waals surface area contributed by atoms with Crippen LogP contribution in [0.15, 0.2) is 0 Å². The highest BCUT2D eigenvalue weighted by Crippen LogP contribution is 2.34. The number of nitrogens with zero attached hydrogens (tertiary/aromatic N) is 12. The molecule has 48 heteroatoms. The van der Waals surface area contributed by atoms with Gasteiger partial charge in [0.25, 0.3) is 0 Å². The summed E-state index contributed by atoms with van der Waals surface area (Å²) < 4.78 is 0. The molecule has 722 valence electrons. The first-order valence-corrected chi connectivity index (χ1v) is 45.9. The predicted octanol–water partition coefficient (Wildman–Crippen LogP) is -12.1. The van der Waals surface area contributed by atoms with Gasteiger partial charge < -0.3 is 143 Å². The molecule has 0 saturated carbocycles. The molecular formula is C83H123N21O27. The summed E-state index contributed by atoms with van der Waals surface area (Å²) in [4.78, 5) is 291. The lowest BCUT2D eigenvalue weighted by Crippen LogP contribution is -2.57. The number of hydrogen-bond acceptors (Lipinski definition) is 28. The van der Waals surface area contributed by atoms with Crippen molar-refractivity contribution < 1.29 is 132 Å². The Morgan fingerprint density at radius 1 is 0.290 bits per heavy atom. The van der Waals surface area contributed by atoms with Crippen molar-refractivity contribution in [2.75, 3.05) is 131 Å². The number of carboxylic acid groups (broad SMARTS) is 1. The van der Waals surface area contributed by atoms with Gasteiger partial charge in [-0.05, 0) is 122 Å². The van der Waals surface area contributed by atoms with Gasteiger partial charge in [0.2, 0.25) is 112 Å². The molecule has 0 radical (unpaired) electrons. The highest BCUT2D eigenvalue weighted by atomic mass is 16.4. The zero-order valence-electron chi connectivity index (χ0n) is 73.2. The third-order valence-electron chi connectivity index (χ3n) is 27.8. The van der Waals surface area contributed by atoms with E-state index in [0.717, 1.165) is 35.8 Å². The molecule has 13 heterocycles. The van der Waals surface area contributed by atoms with Crippen LogP contribution in [0.2, 0.25) is 0 Å². The SMILES string of the molecule is NCCCC[C@H](NC(=O)[C@@H]1CCCN1)C(=O)NCC(=O)N1CCC[C@H]1C(=O)N1C[C@H](O)C[C@H]1C(=O)NCC(=O)N1CCC[C@H]1C(=O)N1C[C@H](O)C[C@H]1C(=O)NCC(=O)N1CCC[C@H]1C(=O)N1C[C@H](O)C[C@H]1C(=O)NCC(=O)N1CCC[C@H]1C(=O)N1C[C@H](O)C[C@H]1C(=O)NCC(=O)N1CCC[C@H]1C(=O)N1C[C@H](O)C[C@H]1C(=O)NCC(=O)N1CCC[C@H]1C(=O)N1C[C@H](O)C[C@H]1C(=O)O. The van der Waals surface area contributed by atoms with Crippen molar-refractivity contribution in [3.05, 3.63) is 0 Å². The molecule has 0 bridgehead atoms. The highest BCUT2D eigenvalue weighted by Gasteiger charge is 2.54. The summed E-state index contributed by atoms with van der Waals surface area (Å²) in [5.41, 5.74) is 5.67. The standard InChI is InChI=1S/C83H123N21O27/c84-18-2-1-10-51(92-71(118)50-11-3-19-85-50)70(117)86-32-64(111)93-20-4-12-52(93)77(124)99-38-44(105)26-58(99)72(119)87-33-65(112)94-21-5-13-53(94)78(125)100-39-45(106)27-59(100)73(120)88-34-66(113)95-22-6-14-54(95)79(126)101-40-46(107)28-60(101)74(121)89-35-67(114)96-23-7-15-55(96)80(127)102-41-47(108)29-61(102)75(122)90-36-68(115)97-24-8-16-56(97)81(128)103-42-48(109)30-62(103)76(123)91-37-69(116)98-25-9-17-57(98)82(129)104-43-49(110)31-63(104)83(130)131/h44-63,85,105-110H,1-43,84H2,(H,86,117)(H,87,119)(H,88,120)(H,89,121)(H,90,122)(H,91,123)(H,92,118)(H,130,131)/t44-,45-,46-,47-,48-,49-,50+,51+,52+,53+,54+,55+,56+,57+,58+,59+,60+,61+,62+,63+/m1/s1. The number of nitrogens with one attached hydrogen (secondary N) is 8. The number of carbonyl (C=O) groups excluding carboxylic acids is 19. The number of amides is 19. The van der Waals surface area contributed by atoms with E-state index < -0.39 is 273 Å². The molecule has 17 N–H and O–H groups in total. The molecule has 13 fully saturated rings. The lowest BCUT2D eigenvalue weighted by atomic mass is 10.1. The van der Waals surface area contributed by atoms with Gasteiger partial charge in [-0.2, -0.15) is 0 Å². The van der Waals surface area contributed by atoms with Crippen molar-refractivity contribution in [3.63, 3.8) is 0 Å². The zero-order chi connectivity index (χ0) is 94.1. The summed E-state index contributed by atoms with van der Waals surface area (Å²) >= 11 is 0. The first-order chi connectivity index (χ1) is 62.6. The Labute approximate surface area is 753 Å². The van der Waals surface area contributed by atoms with Gasteiger partial charge in [-0.1, -0.05) is 0 Å². The second-order valence-corrected chi connectivity index (χ2v) is 36.5. The Kier molecular flexibility index (Phi) is 32.2. The fraction of sp³-hybridized carbons (Fsp3) is 0.759. The molecule has 0 aromatic carbocycles. The van der Waals surface area contributed by atoms with Crippen LogP contribution >= 0.6 is 0 Å². The van der Waals surface area contributed by atoms with Crippen LogP contribution in [0.25, 0.3) is 0 Å². The maximum absolute atomic E-state index is 14.5. The van der Waals surface area contributed by atoms with Crippen molar-refractivity contribution >= 4 is 118 Å². The van der Waals surface area contributed by atoms with E-state index in [2.05, 4.69) is 42.5 Å². The second kappa shape index (κ2) is 43.2. The van der Waals surface area contributed by atoms with Crippen LogP contribution in [-0.4, -0.2) is 465 Å². The molecule has 131 heavy (non-hydrogen) atoms. The van der Waals surface area contributed by atoms with E-state index in [9.17, 15) is 132 Å². The number of unbranched alkanes of at least 4 members (excludes halogenated alkanes) is 1. The quantitative estimate of drug-likeness (QED) is 0.0287. The number of carbonyl (C=O) groups is 20. The monoisotopic (exact) mass is 1850 g/mol. The van der Waals surface area contributed by atoms with Gasteiger partial charge in [-0.3, -0.25) is 91.1 Å². The minimum Gasteiger partial charge on any atom is -0.480 e. The summed E-state index contributed by atoms with van der Waals surface area (Å²) in [5.74, 6) is -14.6. The van der Waals surface area contributed by atoms with E-state index in [0.29, 0.717) is 70.9 Å². The van der Waals surface area contributed by atoms with Gasteiger partial charge in [0.1, 0.15) is 78.5 Å². The number of β-amino-alcohol motifs (C(OH)–C–C–N with tert-alkyl or cyclic N) is 6. The summed E-state index contributed by atoms with van der Waals surface area (Å²) in [5, 5.41) is 95.2. The Morgan fingerprint density at radius 2 is 0.527 bits per heavy atom. The van der Waals surface area contributed by atoms with Gasteiger partial charge in [0.15, 0.2) is 0 Å². The van der Waals surface area contributed by atoms with E-state index in [1.54, 1.807) is 0 Å². The molecule has 0 spiro atoms. The van der Waals surface area contributed by atoms with E-state index >= 15 is 0 Å². The summed E-state index contributed by atoms with van der Waals surface area (Å²) in [7, 11) is 0. The third-order valence-corrected chi connectivity index (χ3v) is 27.8. The molecule has 20 atom stereocenters. The Bertz CT molecular complexity index is 4380. The molecule has 0 unspecified atom stereocenters. The van der Waals surface area contributed by atoms with Crippen molar-refractivity contribution in [1.82, 2.24) is 101 Å². The van der Waals surface area contributed by atoms with Crippen LogP contribution in [0.5, 0.6) is 0 Å². The molecule has 0 aromatic heterocycles. The van der Waals surface area contributed by atoms with Crippen LogP contribution in [0.1, 0.15) is 148 Å². The van der Waals surface area contributed by atoms with E-state index in [-0.39, 0.29) is 168 Å². The fourth-order valence-electron chi connectivity index (χ4n) is 21.1. The second-order valence-electron chi connectivity index (χ2n) is 36.5. The van der Waals surface area contributed by atoms with Crippen LogP contribution in [0.4, 0.5) is 0 Å². The average Bonchev–Trinajstić information content (AvgIpc) is 1.69. The lowest BCUT2D eigenvalue weighted by Gasteiger charge is -2.32. The first-order valence-electron chi connectivity index (χ1n) is 45.9. The molecular weight excluding hydrogens is 1720 g/mol. The number of hydrogen-bond donors (Lipinski definition) is 16. The van der Waals surface area contributed by atoms with Crippen molar-refractivity contribution in [2.45, 2.75) is 269 Å². The number of aliphatic hydroxyl groups is 6. The van der Waals surface area contributed by atoms with E-state index in [4.69, 9.17) is 5.73 Å². The largest absolute Gasteiger partial charge is 0.480 e.